The van der Waals surface area contributed by atoms with Crippen LogP contribution < -0.4 is 5.32 Å². The highest BCUT2D eigenvalue weighted by molar-refractivity contribution is 7.85. The molecule has 1 atom stereocenters. The molecular weight excluding hydrogens is 651 g/mol. The van der Waals surface area contributed by atoms with Gasteiger partial charge in [-0.2, -0.15) is 21.6 Å². The second kappa shape index (κ2) is 15.3. The number of alkyl halides is 3. The van der Waals surface area contributed by atoms with Crippen molar-refractivity contribution in [2.75, 3.05) is 11.1 Å². The summed E-state index contributed by atoms with van der Waals surface area (Å²) >= 11 is 0. The van der Waals surface area contributed by atoms with E-state index < -0.39 is 33.5 Å². The Bertz CT molecular complexity index is 1910. The van der Waals surface area contributed by atoms with Crippen LogP contribution in [0.5, 0.6) is 0 Å². The Morgan fingerprint density at radius 2 is 1.51 bits per heavy atom. The predicted molar refractivity (Wildman–Crippen MR) is 188 cm³/mol. The van der Waals surface area contributed by atoms with Crippen molar-refractivity contribution < 1.29 is 35.7 Å². The van der Waals surface area contributed by atoms with Crippen molar-refractivity contribution in [3.63, 3.8) is 0 Å². The largest absolute Gasteiger partial charge is 0.416 e. The van der Waals surface area contributed by atoms with E-state index in [1.165, 1.54) is 6.07 Å². The molecule has 0 aliphatic carbocycles. The van der Waals surface area contributed by atoms with E-state index in [0.717, 1.165) is 28.8 Å². The molecule has 1 amide bonds. The molecule has 0 saturated carbocycles. The fourth-order valence-corrected chi connectivity index (χ4v) is 5.80. The van der Waals surface area contributed by atoms with Gasteiger partial charge in [0.25, 0.3) is 10.1 Å². The zero-order valence-electron chi connectivity index (χ0n) is 27.8. The molecule has 0 fully saturated rings. The van der Waals surface area contributed by atoms with Gasteiger partial charge in [-0.1, -0.05) is 99.7 Å². The topological polar surface area (TPSA) is 101 Å². The third-order valence-electron chi connectivity index (χ3n) is 7.97. The van der Waals surface area contributed by atoms with E-state index in [1.807, 2.05) is 30.3 Å². The van der Waals surface area contributed by atoms with Crippen molar-refractivity contribution in [1.29, 1.82) is 0 Å². The van der Waals surface area contributed by atoms with E-state index in [-0.39, 0.29) is 29.9 Å². The number of nitrogens with one attached hydrogen (secondary N) is 1. The van der Waals surface area contributed by atoms with Gasteiger partial charge in [0, 0.05) is 17.7 Å². The normalized spacial score (nSPS) is 13.0. The van der Waals surface area contributed by atoms with Crippen LogP contribution in [0.25, 0.3) is 17.2 Å². The minimum Gasteiger partial charge on any atom is -0.326 e. The van der Waals surface area contributed by atoms with Gasteiger partial charge in [0.15, 0.2) is 5.78 Å². The number of allylic oxidation sites excluding steroid dienone is 1. The van der Waals surface area contributed by atoms with Crippen molar-refractivity contribution in [2.24, 2.45) is 5.41 Å². The SMILES string of the molecule is Cc1cc(C(F)(F)F)ccc1-c1ccc(NC(=O)C(Cc2ccc(C(=O)CCCS(=O)(=O)O)cc2)c2ccc(/C=C/C(C)(C)C)cc2)cc1. The maximum atomic E-state index is 13.8. The summed E-state index contributed by atoms with van der Waals surface area (Å²) in [5.74, 6) is -1.61. The van der Waals surface area contributed by atoms with Crippen LogP contribution in [0.1, 0.15) is 77.7 Å². The second-order valence-electron chi connectivity index (χ2n) is 13.2. The summed E-state index contributed by atoms with van der Waals surface area (Å²) < 4.78 is 70.3. The van der Waals surface area contributed by atoms with Crippen molar-refractivity contribution in [1.82, 2.24) is 0 Å². The highest BCUT2D eigenvalue weighted by Crippen LogP contribution is 2.34. The molecule has 258 valence electrons. The lowest BCUT2D eigenvalue weighted by Gasteiger charge is -2.19. The van der Waals surface area contributed by atoms with Gasteiger partial charge in [-0.15, -0.1) is 0 Å². The Kier molecular flexibility index (Phi) is 11.7. The highest BCUT2D eigenvalue weighted by Gasteiger charge is 2.30. The summed E-state index contributed by atoms with van der Waals surface area (Å²) in [6.07, 6.45) is 0.0108. The fraction of sp³-hybridized carbons (Fsp3) is 0.282. The third kappa shape index (κ3) is 11.3. The molecular formula is C39H40F3NO5S. The average Bonchev–Trinajstić information content (AvgIpc) is 3.02. The van der Waals surface area contributed by atoms with Crippen LogP contribution in [-0.4, -0.2) is 30.4 Å². The van der Waals surface area contributed by atoms with Gasteiger partial charge in [-0.3, -0.25) is 14.1 Å². The number of halogens is 3. The predicted octanol–water partition coefficient (Wildman–Crippen LogP) is 9.56. The number of amides is 1. The first-order chi connectivity index (χ1) is 22.9. The monoisotopic (exact) mass is 691 g/mol. The number of hydrogen-bond donors (Lipinski definition) is 2. The van der Waals surface area contributed by atoms with Crippen molar-refractivity contribution in [2.45, 2.75) is 59.1 Å². The summed E-state index contributed by atoms with van der Waals surface area (Å²) in [5, 5.41) is 2.98. The zero-order valence-corrected chi connectivity index (χ0v) is 28.7. The molecule has 0 heterocycles. The van der Waals surface area contributed by atoms with Gasteiger partial charge >= 0.3 is 6.18 Å². The first-order valence-corrected chi connectivity index (χ1v) is 17.4. The summed E-state index contributed by atoms with van der Waals surface area (Å²) in [4.78, 5) is 26.4. The Labute approximate surface area is 285 Å². The van der Waals surface area contributed by atoms with E-state index in [1.54, 1.807) is 55.5 Å². The minimum atomic E-state index is -4.43. The van der Waals surface area contributed by atoms with Crippen LogP contribution in [0.15, 0.2) is 97.1 Å². The third-order valence-corrected chi connectivity index (χ3v) is 8.77. The molecule has 1 unspecified atom stereocenters. The summed E-state index contributed by atoms with van der Waals surface area (Å²) in [6.45, 7) is 7.94. The maximum Gasteiger partial charge on any atom is 0.416 e. The maximum absolute atomic E-state index is 13.8. The smallest absolute Gasteiger partial charge is 0.326 e. The van der Waals surface area contributed by atoms with Gasteiger partial charge in [0.1, 0.15) is 0 Å². The fourth-order valence-electron chi connectivity index (χ4n) is 5.30. The van der Waals surface area contributed by atoms with E-state index in [0.29, 0.717) is 34.4 Å². The Hall–Kier alpha value is -4.54. The molecule has 0 aromatic heterocycles. The van der Waals surface area contributed by atoms with Crippen LogP contribution in [0.4, 0.5) is 18.9 Å². The van der Waals surface area contributed by atoms with Gasteiger partial charge in [0.2, 0.25) is 5.91 Å². The number of benzene rings is 4. The van der Waals surface area contributed by atoms with E-state index >= 15 is 0 Å². The van der Waals surface area contributed by atoms with Crippen LogP contribution >= 0.6 is 0 Å². The van der Waals surface area contributed by atoms with Crippen molar-refractivity contribution >= 4 is 33.6 Å². The number of carbonyl (C=O) groups is 2. The quantitative estimate of drug-likeness (QED) is 0.114. The summed E-state index contributed by atoms with van der Waals surface area (Å²) in [6, 6.07) is 25.1. The number of hydrogen-bond acceptors (Lipinski definition) is 4. The average molecular weight is 692 g/mol. The lowest BCUT2D eigenvalue weighted by molar-refractivity contribution is -0.137. The molecule has 0 saturated heterocycles. The lowest BCUT2D eigenvalue weighted by Crippen LogP contribution is -2.23. The molecule has 4 aromatic rings. The first-order valence-electron chi connectivity index (χ1n) is 15.8. The van der Waals surface area contributed by atoms with Crippen molar-refractivity contribution in [3.05, 3.63) is 130 Å². The highest BCUT2D eigenvalue weighted by atomic mass is 32.2. The number of aryl methyl sites for hydroxylation is 1. The van der Waals surface area contributed by atoms with Gasteiger partial charge in [-0.05, 0) is 82.8 Å². The molecule has 0 aliphatic heterocycles. The number of anilines is 1. The van der Waals surface area contributed by atoms with Gasteiger partial charge in [0.05, 0.1) is 17.2 Å². The molecule has 49 heavy (non-hydrogen) atoms. The first kappa shape index (κ1) is 37.3. The molecule has 0 bridgehead atoms. The van der Waals surface area contributed by atoms with Gasteiger partial charge in [-0.25, -0.2) is 0 Å². The second-order valence-corrected chi connectivity index (χ2v) is 14.8. The Morgan fingerprint density at radius 1 is 0.878 bits per heavy atom. The Morgan fingerprint density at radius 3 is 2.06 bits per heavy atom. The molecule has 0 spiro atoms. The minimum absolute atomic E-state index is 0.00589. The molecule has 6 nitrogen and oxygen atoms in total. The molecule has 0 aliphatic rings. The standard InChI is InChI=1S/C39H40F3NO5S/c1-26-24-32(39(40,41)42)17-20-34(26)29-15-18-33(19-16-29)43-37(45)35(30-11-7-27(8-12-30)21-22-38(2,3)4)25-28-9-13-31(14-10-28)36(44)6-5-23-49(46,47)48/h7-22,24,35H,5-6,23,25H2,1-4H3,(H,43,45)(H,46,47,48)/b22-21+. The lowest BCUT2D eigenvalue weighted by atomic mass is 9.89. The summed E-state index contributed by atoms with van der Waals surface area (Å²) in [5.41, 5.74) is 4.66. The summed E-state index contributed by atoms with van der Waals surface area (Å²) in [7, 11) is -4.14. The van der Waals surface area contributed by atoms with Crippen molar-refractivity contribution in [3.8, 4) is 11.1 Å². The van der Waals surface area contributed by atoms with E-state index in [9.17, 15) is 31.2 Å². The number of Topliss-reactive ketones (excluding diaryl/α,β-unsaturated/α-hetero) is 1. The molecule has 2 N–H and O–H groups in total. The molecule has 4 rings (SSSR count). The molecule has 0 radical (unpaired) electrons. The van der Waals surface area contributed by atoms with Crippen LogP contribution in [0, 0.1) is 12.3 Å². The van der Waals surface area contributed by atoms with Gasteiger partial charge < -0.3 is 5.32 Å². The van der Waals surface area contributed by atoms with E-state index in [2.05, 4.69) is 32.2 Å². The molecule has 4 aromatic carbocycles. The zero-order chi connectivity index (χ0) is 36.0. The van der Waals surface area contributed by atoms with Crippen LogP contribution in [-0.2, 0) is 27.5 Å². The van der Waals surface area contributed by atoms with Crippen LogP contribution in [0.3, 0.4) is 0 Å². The molecule has 10 heteroatoms. The number of rotatable bonds is 12. The number of ketones is 1. The van der Waals surface area contributed by atoms with E-state index in [4.69, 9.17) is 4.55 Å². The number of carbonyl (C=O) groups excluding carboxylic acids is 2. The Balaban J connectivity index is 1.54. The van der Waals surface area contributed by atoms with Crippen LogP contribution in [0.2, 0.25) is 0 Å².